The number of aromatic nitrogens is 1. The molecule has 2 aliphatic rings. The lowest BCUT2D eigenvalue weighted by molar-refractivity contribution is -0.151. The Kier molecular flexibility index (Phi) is 6.95. The van der Waals surface area contributed by atoms with Gasteiger partial charge in [-0.15, -0.1) is 0 Å². The average Bonchev–Trinajstić information content (AvgIpc) is 3.36. The number of H-pyrrole nitrogens is 1. The molecule has 6 rings (SSSR count). The van der Waals surface area contributed by atoms with Crippen LogP contribution >= 0.6 is 0 Å². The van der Waals surface area contributed by atoms with Gasteiger partial charge in [-0.05, 0) is 62.1 Å². The highest BCUT2D eigenvalue weighted by molar-refractivity contribution is 5.98. The van der Waals surface area contributed by atoms with Crippen LogP contribution in [-0.4, -0.2) is 64.7 Å². The van der Waals surface area contributed by atoms with E-state index in [-0.39, 0.29) is 18.0 Å². The second kappa shape index (κ2) is 10.6. The van der Waals surface area contributed by atoms with Crippen LogP contribution in [0.2, 0.25) is 0 Å². The number of amides is 3. The molecular formula is C33H36N4O4. The second-order valence-electron chi connectivity index (χ2n) is 11.3. The van der Waals surface area contributed by atoms with E-state index in [4.69, 9.17) is 4.74 Å². The van der Waals surface area contributed by atoms with Crippen LogP contribution in [0.5, 0.6) is 5.75 Å². The molecule has 0 spiro atoms. The Morgan fingerprint density at radius 3 is 2.61 bits per heavy atom. The lowest BCUT2D eigenvalue weighted by Gasteiger charge is -2.48. The van der Waals surface area contributed by atoms with Gasteiger partial charge in [-0.3, -0.25) is 4.79 Å². The van der Waals surface area contributed by atoms with Gasteiger partial charge in [0.2, 0.25) is 5.91 Å². The second-order valence-corrected chi connectivity index (χ2v) is 11.3. The number of rotatable bonds is 5. The van der Waals surface area contributed by atoms with E-state index in [1.165, 1.54) is 16.5 Å². The van der Waals surface area contributed by atoms with Crippen molar-refractivity contribution < 1.29 is 19.4 Å². The molecule has 4 aromatic rings. The number of hydrogen-bond donors (Lipinski definition) is 3. The summed E-state index contributed by atoms with van der Waals surface area (Å²) in [5.41, 5.74) is 7.41. The first-order valence-electron chi connectivity index (χ1n) is 14.1. The standard InChI is InChI=1S/C33H36N4O4/c1-19-7-5-8-21(17-19)24-9-6-10-25-26-15-16-37-28(31(26)35-30(24)25)18-27(29(20(2)38)32(37)39)36(3)33(40)34-22-11-13-23(41-4)14-12-22/h5-14,17,20,27-29,35,38H,15-16,18H2,1-4H3,(H,34,40)/t20-,27-,28-,29-/m0/s1. The van der Waals surface area contributed by atoms with Crippen LogP contribution in [-0.2, 0) is 11.2 Å². The number of nitrogens with zero attached hydrogens (tertiary/aromatic N) is 2. The van der Waals surface area contributed by atoms with Gasteiger partial charge in [0.1, 0.15) is 5.75 Å². The molecule has 3 aromatic carbocycles. The normalized spacial score (nSPS) is 20.8. The first kappa shape index (κ1) is 26.9. The predicted octanol–water partition coefficient (Wildman–Crippen LogP) is 5.51. The minimum absolute atomic E-state index is 0.117. The highest BCUT2D eigenvalue weighted by Gasteiger charge is 2.49. The summed E-state index contributed by atoms with van der Waals surface area (Å²) in [5, 5.41) is 14.8. The van der Waals surface area contributed by atoms with Crippen LogP contribution in [0.15, 0.2) is 66.7 Å². The zero-order chi connectivity index (χ0) is 28.8. The summed E-state index contributed by atoms with van der Waals surface area (Å²) in [6.45, 7) is 4.31. The van der Waals surface area contributed by atoms with Gasteiger partial charge < -0.3 is 29.9 Å². The Labute approximate surface area is 239 Å². The van der Waals surface area contributed by atoms with E-state index in [0.29, 0.717) is 24.4 Å². The number of ether oxygens (including phenoxy) is 1. The molecule has 1 aromatic heterocycles. The predicted molar refractivity (Wildman–Crippen MR) is 160 cm³/mol. The van der Waals surface area contributed by atoms with Gasteiger partial charge >= 0.3 is 6.03 Å². The number of anilines is 1. The van der Waals surface area contributed by atoms with Crippen molar-refractivity contribution in [1.82, 2.24) is 14.8 Å². The van der Waals surface area contributed by atoms with Crippen LogP contribution in [0.3, 0.4) is 0 Å². The van der Waals surface area contributed by atoms with Gasteiger partial charge in [0.05, 0.1) is 30.7 Å². The Balaban J connectivity index is 1.35. The highest BCUT2D eigenvalue weighted by Crippen LogP contribution is 2.44. The molecule has 3 amide bonds. The molecule has 0 saturated carbocycles. The summed E-state index contributed by atoms with van der Waals surface area (Å²) in [4.78, 5) is 34.5. The van der Waals surface area contributed by atoms with Gasteiger partial charge in [-0.1, -0.05) is 48.0 Å². The topological polar surface area (TPSA) is 97.9 Å². The van der Waals surface area contributed by atoms with Crippen LogP contribution in [0, 0.1) is 12.8 Å². The third-order valence-corrected chi connectivity index (χ3v) is 8.74. The van der Waals surface area contributed by atoms with Gasteiger partial charge in [0, 0.05) is 42.0 Å². The zero-order valence-electron chi connectivity index (χ0n) is 23.8. The molecule has 3 N–H and O–H groups in total. The van der Waals surface area contributed by atoms with Crippen LogP contribution < -0.4 is 10.1 Å². The first-order chi connectivity index (χ1) is 19.8. The van der Waals surface area contributed by atoms with E-state index in [0.717, 1.165) is 28.8 Å². The lowest BCUT2D eigenvalue weighted by Crippen LogP contribution is -2.60. The summed E-state index contributed by atoms with van der Waals surface area (Å²) < 4.78 is 5.21. The SMILES string of the molecule is COc1ccc(NC(=O)N(C)[C@H]2C[C@H]3c4[nH]c5c(-c6cccc(C)c6)cccc5c4CCN3C(=O)[C@H]2[C@H](C)O)cc1. The van der Waals surface area contributed by atoms with Crippen molar-refractivity contribution in [3.05, 3.63) is 83.6 Å². The molecule has 0 aliphatic carbocycles. The fourth-order valence-electron chi connectivity index (χ4n) is 6.65. The minimum Gasteiger partial charge on any atom is -0.497 e. The highest BCUT2D eigenvalue weighted by atomic mass is 16.5. The molecule has 2 aliphatic heterocycles. The van der Waals surface area contributed by atoms with E-state index in [9.17, 15) is 14.7 Å². The number of aliphatic hydroxyl groups is 1. The summed E-state index contributed by atoms with van der Waals surface area (Å²) in [5.74, 6) is -0.138. The Hall–Kier alpha value is -4.30. The Morgan fingerprint density at radius 2 is 1.90 bits per heavy atom. The molecule has 8 heteroatoms. The molecule has 4 atom stereocenters. The first-order valence-corrected chi connectivity index (χ1v) is 14.1. The maximum Gasteiger partial charge on any atom is 0.321 e. The fourth-order valence-corrected chi connectivity index (χ4v) is 6.65. The summed E-state index contributed by atoms with van der Waals surface area (Å²) >= 11 is 0. The summed E-state index contributed by atoms with van der Waals surface area (Å²) in [6, 6.07) is 20.9. The van der Waals surface area contributed by atoms with Crippen molar-refractivity contribution in [2.75, 3.05) is 26.0 Å². The van der Waals surface area contributed by atoms with Crippen molar-refractivity contribution in [3.63, 3.8) is 0 Å². The fraction of sp³-hybridized carbons (Fsp3) is 0.333. The molecule has 0 unspecified atom stereocenters. The van der Waals surface area contributed by atoms with Crippen LogP contribution in [0.1, 0.15) is 36.2 Å². The number of aryl methyl sites for hydroxylation is 1. The van der Waals surface area contributed by atoms with Gasteiger partial charge in [0.15, 0.2) is 0 Å². The van der Waals surface area contributed by atoms with Gasteiger partial charge in [0.25, 0.3) is 0 Å². The summed E-state index contributed by atoms with van der Waals surface area (Å²) in [6.07, 6.45) is 0.356. The summed E-state index contributed by atoms with van der Waals surface area (Å²) in [7, 11) is 3.29. The molecule has 1 fully saturated rings. The number of fused-ring (bicyclic) bond motifs is 5. The zero-order valence-corrected chi connectivity index (χ0v) is 23.8. The molecule has 0 bridgehead atoms. The van der Waals surface area contributed by atoms with E-state index in [1.807, 2.05) is 4.90 Å². The molecule has 8 nitrogen and oxygen atoms in total. The van der Waals surface area contributed by atoms with Crippen LogP contribution in [0.4, 0.5) is 10.5 Å². The number of aliphatic hydroxyl groups excluding tert-OH is 1. The third kappa shape index (κ3) is 4.72. The van der Waals surface area contributed by atoms with E-state index in [2.05, 4.69) is 59.7 Å². The number of hydrogen-bond acceptors (Lipinski definition) is 4. The number of urea groups is 1. The van der Waals surface area contributed by atoms with E-state index >= 15 is 0 Å². The van der Waals surface area contributed by atoms with Gasteiger partial charge in [-0.2, -0.15) is 0 Å². The Morgan fingerprint density at radius 1 is 1.15 bits per heavy atom. The van der Waals surface area contributed by atoms with Crippen molar-refractivity contribution in [2.45, 2.75) is 44.9 Å². The smallest absolute Gasteiger partial charge is 0.321 e. The molecule has 41 heavy (non-hydrogen) atoms. The number of nitrogens with one attached hydrogen (secondary N) is 2. The molecular weight excluding hydrogens is 516 g/mol. The van der Waals surface area contributed by atoms with Crippen molar-refractivity contribution in [2.24, 2.45) is 5.92 Å². The molecule has 1 saturated heterocycles. The van der Waals surface area contributed by atoms with Crippen molar-refractivity contribution in [3.8, 4) is 16.9 Å². The molecule has 3 heterocycles. The number of aromatic amines is 1. The number of carbonyl (C=O) groups is 2. The largest absolute Gasteiger partial charge is 0.497 e. The quantitative estimate of drug-likeness (QED) is 0.304. The number of para-hydroxylation sites is 1. The maximum atomic E-state index is 13.9. The third-order valence-electron chi connectivity index (χ3n) is 8.74. The average molecular weight is 553 g/mol. The number of carbonyl (C=O) groups excluding carboxylic acids is 2. The molecule has 0 radical (unpaired) electrons. The maximum absolute atomic E-state index is 13.9. The van der Waals surface area contributed by atoms with Gasteiger partial charge in [-0.25, -0.2) is 4.79 Å². The Bertz CT molecular complexity index is 1610. The van der Waals surface area contributed by atoms with E-state index < -0.39 is 18.1 Å². The lowest BCUT2D eigenvalue weighted by atomic mass is 9.79. The van der Waals surface area contributed by atoms with E-state index in [1.54, 1.807) is 50.2 Å². The van der Waals surface area contributed by atoms with Crippen molar-refractivity contribution in [1.29, 1.82) is 0 Å². The number of benzene rings is 3. The van der Waals surface area contributed by atoms with Crippen LogP contribution in [0.25, 0.3) is 22.0 Å². The number of piperidine rings is 1. The monoisotopic (exact) mass is 552 g/mol. The van der Waals surface area contributed by atoms with Crippen molar-refractivity contribution >= 4 is 28.5 Å². The minimum atomic E-state index is -0.901. The molecule has 212 valence electrons. The number of methoxy groups -OCH3 is 1.